The zero-order valence-corrected chi connectivity index (χ0v) is 26.5. The number of carbonyl (C=O) groups is 5. The highest BCUT2D eigenvalue weighted by molar-refractivity contribution is 6.05. The second-order valence-electron chi connectivity index (χ2n) is 11.9. The van der Waals surface area contributed by atoms with Gasteiger partial charge in [-0.25, -0.2) is 14.1 Å². The van der Waals surface area contributed by atoms with Crippen molar-refractivity contribution in [3.05, 3.63) is 64.8 Å². The fraction of sp³-hybridized carbons (Fsp3) is 0.469. The monoisotopic (exact) mass is 638 g/mol. The summed E-state index contributed by atoms with van der Waals surface area (Å²) < 4.78 is 23.9. The number of nitrogens with zero attached hydrogens (tertiary/aromatic N) is 3. The van der Waals surface area contributed by atoms with Crippen LogP contribution in [0.5, 0.6) is 0 Å². The van der Waals surface area contributed by atoms with E-state index in [0.717, 1.165) is 4.90 Å². The molecule has 1 saturated heterocycles. The van der Waals surface area contributed by atoms with E-state index in [9.17, 15) is 33.6 Å². The van der Waals surface area contributed by atoms with Gasteiger partial charge in [-0.2, -0.15) is 5.26 Å². The predicted molar refractivity (Wildman–Crippen MR) is 162 cm³/mol. The van der Waals surface area contributed by atoms with Gasteiger partial charge in [0.2, 0.25) is 11.8 Å². The number of halogens is 1. The van der Waals surface area contributed by atoms with Crippen LogP contribution in [0, 0.1) is 30.0 Å². The largest absolute Gasteiger partial charge is 0.443 e. The molecule has 2 aromatic rings. The van der Waals surface area contributed by atoms with E-state index in [2.05, 4.69) is 21.1 Å². The first-order valence-corrected chi connectivity index (χ1v) is 14.9. The summed E-state index contributed by atoms with van der Waals surface area (Å²) in [6.45, 7) is 8.45. The number of hydrogen-bond acceptors (Lipinski definition) is 9. The number of nitrogens with one attached hydrogen (secondary N) is 3. The summed E-state index contributed by atoms with van der Waals surface area (Å²) in [6, 6.07) is 6.30. The second-order valence-corrected chi connectivity index (χ2v) is 11.9. The lowest BCUT2D eigenvalue weighted by atomic mass is 9.90. The molecule has 5 amide bonds. The fourth-order valence-corrected chi connectivity index (χ4v) is 4.77. The molecule has 14 heteroatoms. The SMILES string of the molecule is CCN(C(=O)OC(C)(C)C)C(=O)/C(C#N)=C/[C@H](C[C@@H]1CCCNC1=O)NC(=O)[C@H](Cc1ccc(F)cc1)NC(=O)c1cc(C)on1. The number of ether oxygens (including phenoxy) is 1. The minimum absolute atomic E-state index is 0.0221. The second kappa shape index (κ2) is 15.8. The first-order chi connectivity index (χ1) is 21.7. The summed E-state index contributed by atoms with van der Waals surface area (Å²) in [5.41, 5.74) is -0.892. The van der Waals surface area contributed by atoms with Crippen LogP contribution in [-0.2, 0) is 25.5 Å². The summed E-state index contributed by atoms with van der Waals surface area (Å²) in [7, 11) is 0. The Hall–Kier alpha value is -5.06. The molecule has 0 bridgehead atoms. The van der Waals surface area contributed by atoms with Crippen molar-refractivity contribution in [3.63, 3.8) is 0 Å². The van der Waals surface area contributed by atoms with E-state index in [4.69, 9.17) is 9.26 Å². The zero-order valence-electron chi connectivity index (χ0n) is 26.5. The zero-order chi connectivity index (χ0) is 34.0. The highest BCUT2D eigenvalue weighted by Gasteiger charge is 2.32. The van der Waals surface area contributed by atoms with Gasteiger partial charge in [-0.15, -0.1) is 0 Å². The Balaban J connectivity index is 1.94. The van der Waals surface area contributed by atoms with E-state index in [1.54, 1.807) is 40.7 Å². The van der Waals surface area contributed by atoms with Crippen LogP contribution in [0.3, 0.4) is 0 Å². The highest BCUT2D eigenvalue weighted by Crippen LogP contribution is 2.20. The topological polar surface area (TPSA) is 184 Å². The van der Waals surface area contributed by atoms with Gasteiger partial charge < -0.3 is 25.2 Å². The molecule has 1 aromatic carbocycles. The van der Waals surface area contributed by atoms with Gasteiger partial charge in [0.1, 0.15) is 34.9 Å². The Labute approximate surface area is 266 Å². The Morgan fingerprint density at radius 3 is 2.50 bits per heavy atom. The summed E-state index contributed by atoms with van der Waals surface area (Å²) in [6.07, 6.45) is 1.41. The molecule has 1 aromatic heterocycles. The van der Waals surface area contributed by atoms with Crippen molar-refractivity contribution in [2.45, 2.75) is 78.0 Å². The maximum atomic E-state index is 13.8. The quantitative estimate of drug-likeness (QED) is 0.246. The number of hydrogen-bond donors (Lipinski definition) is 3. The molecule has 2 heterocycles. The Morgan fingerprint density at radius 2 is 1.93 bits per heavy atom. The summed E-state index contributed by atoms with van der Waals surface area (Å²) in [4.78, 5) is 66.3. The van der Waals surface area contributed by atoms with Crippen LogP contribution in [0.4, 0.5) is 9.18 Å². The van der Waals surface area contributed by atoms with Gasteiger partial charge >= 0.3 is 6.09 Å². The van der Waals surface area contributed by atoms with E-state index in [0.29, 0.717) is 30.7 Å². The minimum Gasteiger partial charge on any atom is -0.443 e. The smallest absolute Gasteiger partial charge is 0.417 e. The molecular formula is C32H39FN6O7. The van der Waals surface area contributed by atoms with Gasteiger partial charge in [-0.1, -0.05) is 17.3 Å². The number of aryl methyl sites for hydroxylation is 1. The summed E-state index contributed by atoms with van der Waals surface area (Å²) in [5, 5.41) is 21.8. The number of carbonyl (C=O) groups excluding carboxylic acids is 5. The fourth-order valence-electron chi connectivity index (χ4n) is 4.77. The van der Waals surface area contributed by atoms with Crippen LogP contribution in [0.15, 0.2) is 46.5 Å². The average Bonchev–Trinajstić information content (AvgIpc) is 3.43. The minimum atomic E-state index is -1.22. The number of likely N-dealkylation sites (N-methyl/N-ethyl adjacent to an activating group) is 1. The van der Waals surface area contributed by atoms with E-state index in [-0.39, 0.29) is 31.0 Å². The molecule has 3 N–H and O–H groups in total. The van der Waals surface area contributed by atoms with Crippen molar-refractivity contribution < 1.29 is 37.6 Å². The molecule has 0 saturated carbocycles. The first kappa shape index (κ1) is 35.4. The van der Waals surface area contributed by atoms with Crippen LogP contribution in [0.25, 0.3) is 0 Å². The number of rotatable bonds is 11. The molecule has 0 unspecified atom stereocenters. The standard InChI is InChI=1S/C32H39FN6O7/c1-6-39(31(44)45-32(3,4)5)30(43)22(18-34)17-24(16-21-8-7-13-35-27(21)40)36-28(41)25(15-20-9-11-23(33)12-10-20)37-29(42)26-14-19(2)46-38-26/h9-12,14,17,21,24-25H,6-8,13,15-16H2,1-5H3,(H,35,40)(H,36,41)(H,37,42)/b22-17+/t21-,24-,25-/m0/s1. The molecule has 46 heavy (non-hydrogen) atoms. The van der Waals surface area contributed by atoms with Crippen LogP contribution >= 0.6 is 0 Å². The van der Waals surface area contributed by atoms with Gasteiger partial charge in [-0.05, 0) is 77.7 Å². The lowest BCUT2D eigenvalue weighted by Gasteiger charge is -2.28. The van der Waals surface area contributed by atoms with Gasteiger partial charge in [0.05, 0.1) is 0 Å². The van der Waals surface area contributed by atoms with Crippen molar-refractivity contribution in [1.82, 2.24) is 26.0 Å². The lowest BCUT2D eigenvalue weighted by Crippen LogP contribution is -2.51. The van der Waals surface area contributed by atoms with Crippen molar-refractivity contribution in [2.75, 3.05) is 13.1 Å². The molecule has 1 fully saturated rings. The van der Waals surface area contributed by atoms with Crippen LogP contribution in [0.1, 0.15) is 68.8 Å². The average molecular weight is 639 g/mol. The molecule has 1 aliphatic rings. The van der Waals surface area contributed by atoms with Gasteiger partial charge in [0, 0.05) is 37.5 Å². The highest BCUT2D eigenvalue weighted by atomic mass is 19.1. The van der Waals surface area contributed by atoms with Crippen molar-refractivity contribution in [1.29, 1.82) is 5.26 Å². The molecule has 0 radical (unpaired) electrons. The number of aromatic nitrogens is 1. The van der Waals surface area contributed by atoms with Crippen LogP contribution in [0.2, 0.25) is 0 Å². The molecule has 13 nitrogen and oxygen atoms in total. The van der Waals surface area contributed by atoms with Crippen molar-refractivity contribution in [2.24, 2.45) is 5.92 Å². The third-order valence-corrected chi connectivity index (χ3v) is 6.99. The van der Waals surface area contributed by atoms with E-state index < -0.39 is 58.8 Å². The maximum Gasteiger partial charge on any atom is 0.417 e. The van der Waals surface area contributed by atoms with E-state index in [1.165, 1.54) is 36.4 Å². The van der Waals surface area contributed by atoms with Crippen molar-refractivity contribution >= 4 is 29.7 Å². The van der Waals surface area contributed by atoms with Crippen LogP contribution < -0.4 is 16.0 Å². The van der Waals surface area contributed by atoms with Gasteiger partial charge in [0.15, 0.2) is 5.69 Å². The van der Waals surface area contributed by atoms with Crippen molar-refractivity contribution in [3.8, 4) is 6.07 Å². The summed E-state index contributed by atoms with van der Waals surface area (Å²) in [5.74, 6) is -3.26. The number of benzene rings is 1. The van der Waals surface area contributed by atoms with Crippen LogP contribution in [-0.4, -0.2) is 70.6 Å². The Morgan fingerprint density at radius 1 is 1.24 bits per heavy atom. The first-order valence-electron chi connectivity index (χ1n) is 14.9. The Kier molecular flexibility index (Phi) is 12.2. The molecule has 0 spiro atoms. The predicted octanol–water partition coefficient (Wildman–Crippen LogP) is 3.10. The molecule has 1 aliphatic heterocycles. The molecular weight excluding hydrogens is 599 g/mol. The maximum absolute atomic E-state index is 13.8. The third-order valence-electron chi connectivity index (χ3n) is 6.99. The molecule has 246 valence electrons. The molecule has 3 rings (SSSR count). The third kappa shape index (κ3) is 10.3. The molecule has 3 atom stereocenters. The summed E-state index contributed by atoms with van der Waals surface area (Å²) >= 11 is 0. The molecule has 0 aliphatic carbocycles. The van der Waals surface area contributed by atoms with E-state index in [1.807, 2.05) is 0 Å². The number of amides is 5. The number of nitriles is 1. The Bertz CT molecular complexity index is 1510. The van der Waals surface area contributed by atoms with E-state index >= 15 is 0 Å². The van der Waals surface area contributed by atoms with Gasteiger partial charge in [0.25, 0.3) is 11.8 Å². The lowest BCUT2D eigenvalue weighted by molar-refractivity contribution is -0.128. The number of imide groups is 1. The number of piperidine rings is 1. The van der Waals surface area contributed by atoms with Gasteiger partial charge in [-0.3, -0.25) is 19.2 Å². The normalized spacial score (nSPS) is 16.3.